The van der Waals surface area contributed by atoms with Crippen molar-refractivity contribution in [1.82, 2.24) is 0 Å². The van der Waals surface area contributed by atoms with E-state index in [9.17, 15) is 4.79 Å². The van der Waals surface area contributed by atoms with E-state index in [4.69, 9.17) is 5.11 Å². The molecule has 12 heavy (non-hydrogen) atoms. The lowest BCUT2D eigenvalue weighted by Gasteiger charge is -1.94. The predicted molar refractivity (Wildman–Crippen MR) is 60.4 cm³/mol. The van der Waals surface area contributed by atoms with Gasteiger partial charge in [-0.15, -0.1) is 23.1 Å². The molecule has 5 heteroatoms. The highest BCUT2D eigenvalue weighted by atomic mass is 127. The summed E-state index contributed by atoms with van der Waals surface area (Å²) < 4.78 is 1.03. The van der Waals surface area contributed by atoms with E-state index in [1.165, 1.54) is 11.3 Å². The number of carboxylic acid groups (broad SMARTS) is 1. The van der Waals surface area contributed by atoms with Gasteiger partial charge in [0, 0.05) is 4.90 Å². The van der Waals surface area contributed by atoms with Gasteiger partial charge < -0.3 is 5.11 Å². The summed E-state index contributed by atoms with van der Waals surface area (Å²) in [6.45, 7) is 2.01. The van der Waals surface area contributed by atoms with Crippen molar-refractivity contribution >= 4 is 51.7 Å². The van der Waals surface area contributed by atoms with E-state index in [2.05, 4.69) is 22.6 Å². The lowest BCUT2D eigenvalue weighted by atomic mass is 10.5. The molecule has 0 amide bonds. The zero-order valence-corrected chi connectivity index (χ0v) is 10.1. The van der Waals surface area contributed by atoms with Crippen molar-refractivity contribution in [2.45, 2.75) is 11.8 Å². The SMILES string of the molecule is CCSc1cc(I)sc1C(=O)O. The monoisotopic (exact) mass is 314 g/mol. The minimum atomic E-state index is -0.820. The molecule has 1 N–H and O–H groups in total. The largest absolute Gasteiger partial charge is 0.477 e. The van der Waals surface area contributed by atoms with Crippen molar-refractivity contribution in [3.63, 3.8) is 0 Å². The molecule has 0 aliphatic rings. The van der Waals surface area contributed by atoms with Gasteiger partial charge in [-0.2, -0.15) is 0 Å². The summed E-state index contributed by atoms with van der Waals surface area (Å²) in [6, 6.07) is 1.92. The molecule has 0 saturated carbocycles. The van der Waals surface area contributed by atoms with Crippen LogP contribution in [0.5, 0.6) is 0 Å². The lowest BCUT2D eigenvalue weighted by Crippen LogP contribution is -1.93. The smallest absolute Gasteiger partial charge is 0.347 e. The first-order chi connectivity index (χ1) is 5.65. The van der Waals surface area contributed by atoms with Crippen molar-refractivity contribution in [1.29, 1.82) is 0 Å². The summed E-state index contributed by atoms with van der Waals surface area (Å²) in [6.07, 6.45) is 0. The molecule has 0 atom stereocenters. The summed E-state index contributed by atoms with van der Waals surface area (Å²) in [5, 5.41) is 8.80. The molecule has 1 aromatic rings. The van der Waals surface area contributed by atoms with Crippen LogP contribution in [-0.4, -0.2) is 16.8 Å². The number of hydrogen-bond acceptors (Lipinski definition) is 3. The molecule has 0 aliphatic carbocycles. The van der Waals surface area contributed by atoms with E-state index >= 15 is 0 Å². The molecular weight excluding hydrogens is 307 g/mol. The van der Waals surface area contributed by atoms with Crippen LogP contribution in [-0.2, 0) is 0 Å². The number of carbonyl (C=O) groups is 1. The molecular formula is C7H7IO2S2. The third-order valence-electron chi connectivity index (χ3n) is 1.16. The van der Waals surface area contributed by atoms with Crippen molar-refractivity contribution in [3.05, 3.63) is 13.8 Å². The topological polar surface area (TPSA) is 37.3 Å². The quantitative estimate of drug-likeness (QED) is 0.688. The predicted octanol–water partition coefficient (Wildman–Crippen LogP) is 3.16. The van der Waals surface area contributed by atoms with Gasteiger partial charge in [0.25, 0.3) is 0 Å². The van der Waals surface area contributed by atoms with Crippen LogP contribution in [0.15, 0.2) is 11.0 Å². The molecule has 0 unspecified atom stereocenters. The Morgan fingerprint density at radius 2 is 2.50 bits per heavy atom. The van der Waals surface area contributed by atoms with Gasteiger partial charge in [0.15, 0.2) is 0 Å². The van der Waals surface area contributed by atoms with Crippen LogP contribution >= 0.6 is 45.7 Å². The van der Waals surface area contributed by atoms with Gasteiger partial charge in [-0.25, -0.2) is 4.79 Å². The van der Waals surface area contributed by atoms with Gasteiger partial charge in [-0.05, 0) is 34.4 Å². The van der Waals surface area contributed by atoms with Gasteiger partial charge in [-0.3, -0.25) is 0 Å². The van der Waals surface area contributed by atoms with Crippen molar-refractivity contribution in [2.75, 3.05) is 5.75 Å². The summed E-state index contributed by atoms with van der Waals surface area (Å²) in [7, 11) is 0. The van der Waals surface area contributed by atoms with E-state index < -0.39 is 5.97 Å². The number of aromatic carboxylic acids is 1. The molecule has 0 spiro atoms. The minimum absolute atomic E-state index is 0.464. The van der Waals surface area contributed by atoms with Crippen LogP contribution in [0.1, 0.15) is 16.6 Å². The Kier molecular flexibility index (Phi) is 3.85. The van der Waals surface area contributed by atoms with Crippen LogP contribution in [0.4, 0.5) is 0 Å². The molecule has 0 bridgehead atoms. The summed E-state index contributed by atoms with van der Waals surface area (Å²) in [4.78, 5) is 12.1. The fourth-order valence-electron chi connectivity index (χ4n) is 0.758. The number of thioether (sulfide) groups is 1. The number of halogens is 1. The highest BCUT2D eigenvalue weighted by Gasteiger charge is 2.13. The molecule has 1 rings (SSSR count). The zero-order chi connectivity index (χ0) is 9.14. The van der Waals surface area contributed by atoms with Gasteiger partial charge >= 0.3 is 5.97 Å². The molecule has 0 aromatic carbocycles. The standard InChI is InChI=1S/C7H7IO2S2/c1-2-11-4-3-5(8)12-6(4)7(9)10/h3H,2H2,1H3,(H,9,10). The Bertz CT molecular complexity index is 296. The highest BCUT2D eigenvalue weighted by Crippen LogP contribution is 2.31. The Labute approximate surface area is 92.5 Å². The number of hydrogen-bond donors (Lipinski definition) is 1. The first kappa shape index (κ1) is 10.3. The second-order valence-electron chi connectivity index (χ2n) is 1.98. The van der Waals surface area contributed by atoms with E-state index in [0.29, 0.717) is 4.88 Å². The van der Waals surface area contributed by atoms with Gasteiger partial charge in [0.2, 0.25) is 0 Å². The second-order valence-corrected chi connectivity index (χ2v) is 6.23. The molecule has 0 aliphatic heterocycles. The zero-order valence-electron chi connectivity index (χ0n) is 6.33. The number of rotatable bonds is 3. The summed E-state index contributed by atoms with van der Waals surface area (Å²) in [5.41, 5.74) is 0. The Morgan fingerprint density at radius 3 is 3.00 bits per heavy atom. The van der Waals surface area contributed by atoms with Crippen LogP contribution in [0, 0.1) is 2.88 Å². The van der Waals surface area contributed by atoms with Gasteiger partial charge in [-0.1, -0.05) is 6.92 Å². The Hall–Kier alpha value is 0.250. The maximum Gasteiger partial charge on any atom is 0.347 e. The number of carboxylic acids is 1. The molecule has 66 valence electrons. The molecule has 0 radical (unpaired) electrons. The Morgan fingerprint density at radius 1 is 1.83 bits per heavy atom. The van der Waals surface area contributed by atoms with Crippen molar-refractivity contribution in [3.8, 4) is 0 Å². The summed E-state index contributed by atoms with van der Waals surface area (Å²) >= 11 is 5.05. The van der Waals surface area contributed by atoms with Gasteiger partial charge in [0.05, 0.1) is 2.88 Å². The maximum atomic E-state index is 10.7. The molecule has 1 aromatic heterocycles. The third kappa shape index (κ3) is 2.37. The van der Waals surface area contributed by atoms with E-state index in [1.54, 1.807) is 11.8 Å². The summed E-state index contributed by atoms with van der Waals surface area (Å²) in [5.74, 6) is 0.0893. The van der Waals surface area contributed by atoms with Gasteiger partial charge in [0.1, 0.15) is 4.88 Å². The second kappa shape index (κ2) is 4.48. The van der Waals surface area contributed by atoms with E-state index in [-0.39, 0.29) is 0 Å². The van der Waals surface area contributed by atoms with Crippen LogP contribution in [0.25, 0.3) is 0 Å². The van der Waals surface area contributed by atoms with Crippen LogP contribution < -0.4 is 0 Å². The maximum absolute atomic E-state index is 10.7. The first-order valence-corrected chi connectivity index (χ1v) is 6.18. The fraction of sp³-hybridized carbons (Fsp3) is 0.286. The number of thiophene rings is 1. The van der Waals surface area contributed by atoms with Crippen LogP contribution in [0.3, 0.4) is 0 Å². The average Bonchev–Trinajstić information content (AvgIpc) is 2.32. The van der Waals surface area contributed by atoms with Crippen molar-refractivity contribution < 1.29 is 9.90 Å². The van der Waals surface area contributed by atoms with E-state index in [0.717, 1.165) is 13.5 Å². The molecule has 2 nitrogen and oxygen atoms in total. The fourth-order valence-corrected chi connectivity index (χ4v) is 3.67. The minimum Gasteiger partial charge on any atom is -0.477 e. The van der Waals surface area contributed by atoms with E-state index in [1.807, 2.05) is 13.0 Å². The highest BCUT2D eigenvalue weighted by molar-refractivity contribution is 14.1. The molecule has 0 saturated heterocycles. The average molecular weight is 314 g/mol. The molecule has 0 fully saturated rings. The molecule has 1 heterocycles. The Balaban J connectivity index is 2.99. The first-order valence-electron chi connectivity index (χ1n) is 3.30. The van der Waals surface area contributed by atoms with Crippen molar-refractivity contribution in [2.24, 2.45) is 0 Å². The third-order valence-corrected chi connectivity index (χ3v) is 4.10. The van der Waals surface area contributed by atoms with Crippen LogP contribution in [0.2, 0.25) is 0 Å². The lowest BCUT2D eigenvalue weighted by molar-refractivity contribution is 0.0699. The normalized spacial score (nSPS) is 10.2.